The minimum Gasteiger partial charge on any atom is -0.307 e. The predicted molar refractivity (Wildman–Crippen MR) is 47.1 cm³/mol. The van der Waals surface area contributed by atoms with Gasteiger partial charge >= 0.3 is 0 Å². The number of hydrogen-bond acceptors (Lipinski definition) is 3. The molecule has 0 amide bonds. The molecule has 0 aromatic carbocycles. The van der Waals surface area contributed by atoms with Gasteiger partial charge in [-0.05, 0) is 38.8 Å². The van der Waals surface area contributed by atoms with Gasteiger partial charge in [-0.25, -0.2) is 0 Å². The summed E-state index contributed by atoms with van der Waals surface area (Å²) in [6, 6.07) is 0.307. The molecule has 12 heavy (non-hydrogen) atoms. The van der Waals surface area contributed by atoms with Crippen molar-refractivity contribution in [2.45, 2.75) is 37.8 Å². The van der Waals surface area contributed by atoms with Gasteiger partial charge in [0, 0.05) is 0 Å². The van der Waals surface area contributed by atoms with E-state index in [1.54, 1.807) is 0 Å². The molecule has 3 nitrogen and oxygen atoms in total. The minimum atomic E-state index is 0.153. The lowest BCUT2D eigenvalue weighted by molar-refractivity contribution is -0.122. The van der Waals surface area contributed by atoms with E-state index in [1.165, 1.54) is 0 Å². The maximum Gasteiger partial charge on any atom is 0.166 e. The normalized spacial score (nSPS) is 35.7. The van der Waals surface area contributed by atoms with Crippen molar-refractivity contribution in [1.29, 1.82) is 0 Å². The summed E-state index contributed by atoms with van der Waals surface area (Å²) in [4.78, 5) is 11.7. The van der Waals surface area contributed by atoms with Gasteiger partial charge in [0.15, 0.2) is 5.78 Å². The maximum atomic E-state index is 11.7. The Kier molecular flexibility index (Phi) is 2.42. The monoisotopic (exact) mass is 168 g/mol. The van der Waals surface area contributed by atoms with Crippen molar-refractivity contribution in [2.75, 3.05) is 13.1 Å². The molecule has 68 valence electrons. The Morgan fingerprint density at radius 2 is 1.50 bits per heavy atom. The third kappa shape index (κ3) is 1.52. The molecule has 2 saturated heterocycles. The van der Waals surface area contributed by atoms with Crippen LogP contribution in [0.15, 0.2) is 0 Å². The number of carbonyl (C=O) groups excluding carboxylic acids is 1. The highest BCUT2D eigenvalue weighted by Gasteiger charge is 2.30. The number of nitrogens with one attached hydrogen (secondary N) is 2. The number of Topliss-reactive ketones (excluding diaryl/α,β-unsaturated/α-hetero) is 1. The fourth-order valence-electron chi connectivity index (χ4n) is 2.10. The summed E-state index contributed by atoms with van der Waals surface area (Å²) in [5.41, 5.74) is 0. The van der Waals surface area contributed by atoms with Crippen LogP contribution in [0.2, 0.25) is 0 Å². The largest absolute Gasteiger partial charge is 0.307 e. The van der Waals surface area contributed by atoms with Crippen LogP contribution in [0.25, 0.3) is 0 Å². The average molecular weight is 168 g/mol. The predicted octanol–water partition coefficient (Wildman–Crippen LogP) is 0.0595. The van der Waals surface area contributed by atoms with Gasteiger partial charge in [0.05, 0.1) is 12.1 Å². The van der Waals surface area contributed by atoms with E-state index in [2.05, 4.69) is 10.6 Å². The summed E-state index contributed by atoms with van der Waals surface area (Å²) >= 11 is 0. The van der Waals surface area contributed by atoms with Crippen LogP contribution in [0.1, 0.15) is 25.7 Å². The van der Waals surface area contributed by atoms with Crippen molar-refractivity contribution >= 4 is 5.78 Å². The summed E-state index contributed by atoms with van der Waals surface area (Å²) in [5.74, 6) is 0.394. The second kappa shape index (κ2) is 3.54. The quantitative estimate of drug-likeness (QED) is 0.612. The van der Waals surface area contributed by atoms with E-state index >= 15 is 0 Å². The number of ketones is 1. The Morgan fingerprint density at radius 1 is 1.00 bits per heavy atom. The van der Waals surface area contributed by atoms with Gasteiger partial charge in [-0.1, -0.05) is 0 Å². The molecule has 1 unspecified atom stereocenters. The molecule has 2 fully saturated rings. The maximum absolute atomic E-state index is 11.7. The van der Waals surface area contributed by atoms with Gasteiger partial charge in [-0.15, -0.1) is 0 Å². The smallest absolute Gasteiger partial charge is 0.166 e. The van der Waals surface area contributed by atoms with Crippen LogP contribution in [0, 0.1) is 0 Å². The van der Waals surface area contributed by atoms with Crippen LogP contribution >= 0.6 is 0 Å². The first-order valence-corrected chi connectivity index (χ1v) is 4.88. The molecular weight excluding hydrogens is 152 g/mol. The third-order valence-electron chi connectivity index (χ3n) is 2.81. The second-order valence-corrected chi connectivity index (χ2v) is 3.70. The Labute approximate surface area is 72.9 Å². The third-order valence-corrected chi connectivity index (χ3v) is 2.81. The molecular formula is C9H16N2O. The summed E-state index contributed by atoms with van der Waals surface area (Å²) < 4.78 is 0. The molecule has 0 aliphatic carbocycles. The number of rotatable bonds is 2. The first kappa shape index (κ1) is 8.20. The molecule has 0 aromatic rings. The van der Waals surface area contributed by atoms with E-state index in [0.29, 0.717) is 5.78 Å². The van der Waals surface area contributed by atoms with Crippen LogP contribution in [-0.4, -0.2) is 31.0 Å². The van der Waals surface area contributed by atoms with Crippen LogP contribution in [0.5, 0.6) is 0 Å². The SMILES string of the molecule is O=C(C1CCCN1)[C@H]1CCCN1. The van der Waals surface area contributed by atoms with Crippen molar-refractivity contribution in [3.63, 3.8) is 0 Å². The van der Waals surface area contributed by atoms with E-state index < -0.39 is 0 Å². The molecule has 0 radical (unpaired) electrons. The van der Waals surface area contributed by atoms with Crippen LogP contribution < -0.4 is 10.6 Å². The average Bonchev–Trinajstić information content (AvgIpc) is 2.77. The lowest BCUT2D eigenvalue weighted by atomic mass is 10.0. The molecule has 2 heterocycles. The number of carbonyl (C=O) groups is 1. The van der Waals surface area contributed by atoms with Crippen molar-refractivity contribution in [2.24, 2.45) is 0 Å². The van der Waals surface area contributed by atoms with E-state index in [-0.39, 0.29) is 12.1 Å². The fourth-order valence-corrected chi connectivity index (χ4v) is 2.10. The number of hydrogen-bond donors (Lipinski definition) is 2. The summed E-state index contributed by atoms with van der Waals surface area (Å²) in [7, 11) is 0. The van der Waals surface area contributed by atoms with E-state index in [4.69, 9.17) is 0 Å². The van der Waals surface area contributed by atoms with Crippen LogP contribution in [0.4, 0.5) is 0 Å². The van der Waals surface area contributed by atoms with Crippen LogP contribution in [-0.2, 0) is 4.79 Å². The van der Waals surface area contributed by atoms with Crippen molar-refractivity contribution in [3.05, 3.63) is 0 Å². The van der Waals surface area contributed by atoms with Gasteiger partial charge in [0.25, 0.3) is 0 Å². The van der Waals surface area contributed by atoms with Gasteiger partial charge < -0.3 is 10.6 Å². The van der Waals surface area contributed by atoms with Crippen molar-refractivity contribution in [1.82, 2.24) is 10.6 Å². The molecule has 2 atom stereocenters. The standard InChI is InChI=1S/C9H16N2O/c12-9(7-3-1-5-10-7)8-4-2-6-11-8/h7-8,10-11H,1-6H2/t7-,8?/m1/s1. The molecule has 2 N–H and O–H groups in total. The highest BCUT2D eigenvalue weighted by Crippen LogP contribution is 2.13. The van der Waals surface area contributed by atoms with Gasteiger partial charge in [-0.3, -0.25) is 4.79 Å². The first-order chi connectivity index (χ1) is 5.88. The Bertz CT molecular complexity index is 151. The molecule has 3 heteroatoms. The van der Waals surface area contributed by atoms with E-state index in [0.717, 1.165) is 38.8 Å². The summed E-state index contributed by atoms with van der Waals surface area (Å²) in [6.45, 7) is 2.03. The van der Waals surface area contributed by atoms with Gasteiger partial charge in [0.2, 0.25) is 0 Å². The zero-order chi connectivity index (χ0) is 8.39. The topological polar surface area (TPSA) is 41.1 Å². The van der Waals surface area contributed by atoms with Gasteiger partial charge in [-0.2, -0.15) is 0 Å². The summed E-state index contributed by atoms with van der Waals surface area (Å²) in [5, 5.41) is 6.49. The highest BCUT2D eigenvalue weighted by molar-refractivity contribution is 5.89. The van der Waals surface area contributed by atoms with Crippen LogP contribution in [0.3, 0.4) is 0 Å². The highest BCUT2D eigenvalue weighted by atomic mass is 16.1. The lowest BCUT2D eigenvalue weighted by Crippen LogP contribution is -2.42. The molecule has 0 spiro atoms. The molecule has 0 bridgehead atoms. The van der Waals surface area contributed by atoms with E-state index in [9.17, 15) is 4.79 Å². The fraction of sp³-hybridized carbons (Fsp3) is 0.889. The Morgan fingerprint density at radius 3 is 1.83 bits per heavy atom. The molecule has 0 saturated carbocycles. The zero-order valence-electron chi connectivity index (χ0n) is 7.31. The first-order valence-electron chi connectivity index (χ1n) is 4.88. The molecule has 2 aliphatic rings. The Balaban J connectivity index is 1.89. The minimum absolute atomic E-state index is 0.153. The van der Waals surface area contributed by atoms with Crippen molar-refractivity contribution < 1.29 is 4.79 Å². The molecule has 2 aliphatic heterocycles. The second-order valence-electron chi connectivity index (χ2n) is 3.70. The zero-order valence-corrected chi connectivity index (χ0v) is 7.31. The lowest BCUT2D eigenvalue weighted by Gasteiger charge is -2.14. The van der Waals surface area contributed by atoms with E-state index in [1.807, 2.05) is 0 Å². The van der Waals surface area contributed by atoms with Crippen molar-refractivity contribution in [3.8, 4) is 0 Å². The van der Waals surface area contributed by atoms with Gasteiger partial charge in [0.1, 0.15) is 0 Å². The summed E-state index contributed by atoms with van der Waals surface area (Å²) in [6.07, 6.45) is 4.39. The Hall–Kier alpha value is -0.410. The molecule has 2 rings (SSSR count). The molecule has 0 aromatic heterocycles.